The molecule has 0 aromatic heterocycles. The number of hydrogen-bond donors (Lipinski definition) is 1. The first-order chi connectivity index (χ1) is 14.5. The Morgan fingerprint density at radius 1 is 0.900 bits per heavy atom. The number of imide groups is 1. The fraction of sp³-hybridized carbons (Fsp3) is 0.0435. The number of hydrogen-bond acceptors (Lipinski definition) is 4. The van der Waals surface area contributed by atoms with E-state index >= 15 is 0 Å². The molecule has 0 aliphatic carbocycles. The second-order valence-corrected chi connectivity index (χ2v) is 6.94. The minimum atomic E-state index is -0.535. The summed E-state index contributed by atoms with van der Waals surface area (Å²) in [4.78, 5) is 27.6. The molecule has 1 aliphatic rings. The zero-order valence-corrected chi connectivity index (χ0v) is 16.6. The summed E-state index contributed by atoms with van der Waals surface area (Å²) >= 11 is 5.94. The number of para-hydroxylation sites is 2. The molecule has 3 aromatic carbocycles. The first-order valence-corrected chi connectivity index (χ1v) is 9.42. The number of nitrogens with zero attached hydrogens (tertiary/aromatic N) is 1. The number of halogens is 2. The molecule has 1 heterocycles. The summed E-state index contributed by atoms with van der Waals surface area (Å²) in [6, 6.07) is 18.8. The van der Waals surface area contributed by atoms with Gasteiger partial charge in [-0.2, -0.15) is 0 Å². The highest BCUT2D eigenvalue weighted by molar-refractivity contribution is 6.46. The van der Waals surface area contributed by atoms with Crippen LogP contribution in [0.25, 0.3) is 5.57 Å². The van der Waals surface area contributed by atoms with Crippen molar-refractivity contribution in [3.05, 3.63) is 94.9 Å². The van der Waals surface area contributed by atoms with Crippen molar-refractivity contribution in [2.45, 2.75) is 0 Å². The summed E-state index contributed by atoms with van der Waals surface area (Å²) in [7, 11) is 1.51. The van der Waals surface area contributed by atoms with E-state index in [1.807, 2.05) is 0 Å². The Morgan fingerprint density at radius 3 is 2.23 bits per heavy atom. The van der Waals surface area contributed by atoms with Crippen LogP contribution in [0.4, 0.5) is 15.8 Å². The van der Waals surface area contributed by atoms with Gasteiger partial charge in [-0.15, -0.1) is 0 Å². The molecule has 2 amide bonds. The number of nitrogens with one attached hydrogen (secondary N) is 1. The van der Waals surface area contributed by atoms with Crippen LogP contribution in [0.2, 0.25) is 5.02 Å². The highest BCUT2D eigenvalue weighted by Crippen LogP contribution is 2.35. The fourth-order valence-corrected chi connectivity index (χ4v) is 3.36. The van der Waals surface area contributed by atoms with Crippen molar-refractivity contribution < 1.29 is 18.7 Å². The minimum absolute atomic E-state index is 0.0751. The van der Waals surface area contributed by atoms with Gasteiger partial charge in [0, 0.05) is 5.02 Å². The van der Waals surface area contributed by atoms with Crippen LogP contribution in [0.15, 0.2) is 78.5 Å². The Hall–Kier alpha value is -3.64. The lowest BCUT2D eigenvalue weighted by atomic mass is 10.0. The Labute approximate surface area is 177 Å². The zero-order valence-electron chi connectivity index (χ0n) is 15.9. The largest absolute Gasteiger partial charge is 0.495 e. The molecule has 0 saturated heterocycles. The molecule has 150 valence electrons. The average Bonchev–Trinajstić information content (AvgIpc) is 2.99. The van der Waals surface area contributed by atoms with Crippen LogP contribution in [-0.4, -0.2) is 18.9 Å². The van der Waals surface area contributed by atoms with Crippen LogP contribution < -0.4 is 15.0 Å². The third-order valence-corrected chi connectivity index (χ3v) is 4.92. The fourth-order valence-electron chi connectivity index (χ4n) is 3.24. The second-order valence-electron chi connectivity index (χ2n) is 6.50. The first-order valence-electron chi connectivity index (χ1n) is 9.04. The van der Waals surface area contributed by atoms with Crippen molar-refractivity contribution in [1.29, 1.82) is 0 Å². The molecule has 0 bridgehead atoms. The number of methoxy groups -OCH3 is 1. The van der Waals surface area contributed by atoms with E-state index in [0.717, 1.165) is 4.90 Å². The molecule has 0 unspecified atom stereocenters. The lowest BCUT2D eigenvalue weighted by Gasteiger charge is -2.16. The SMILES string of the molecule is COc1ccccc1NC1=C(c2ccc(F)cc2)C(=O)N(c2ccc(Cl)cc2)C1=O. The molecule has 7 heteroatoms. The number of carbonyl (C=O) groups excluding carboxylic acids is 2. The first kappa shape index (κ1) is 19.7. The van der Waals surface area contributed by atoms with E-state index in [0.29, 0.717) is 27.7 Å². The highest BCUT2D eigenvalue weighted by Gasteiger charge is 2.40. The van der Waals surface area contributed by atoms with Gasteiger partial charge >= 0.3 is 0 Å². The van der Waals surface area contributed by atoms with Gasteiger partial charge in [0.05, 0.1) is 24.1 Å². The van der Waals surface area contributed by atoms with Crippen LogP contribution in [-0.2, 0) is 9.59 Å². The summed E-state index contributed by atoms with van der Waals surface area (Å²) in [5.74, 6) is -0.988. The van der Waals surface area contributed by atoms with E-state index in [1.54, 1.807) is 48.5 Å². The van der Waals surface area contributed by atoms with Crippen LogP contribution in [0, 0.1) is 5.82 Å². The van der Waals surface area contributed by atoms with Crippen molar-refractivity contribution in [3.8, 4) is 5.75 Å². The van der Waals surface area contributed by atoms with Gasteiger partial charge in [-0.25, -0.2) is 9.29 Å². The number of carbonyl (C=O) groups is 2. The van der Waals surface area contributed by atoms with Gasteiger partial charge in [0.15, 0.2) is 0 Å². The molecular formula is C23H16ClFN2O3. The van der Waals surface area contributed by atoms with Gasteiger partial charge in [-0.1, -0.05) is 35.9 Å². The van der Waals surface area contributed by atoms with E-state index < -0.39 is 17.6 Å². The number of anilines is 2. The Balaban J connectivity index is 1.83. The molecule has 30 heavy (non-hydrogen) atoms. The van der Waals surface area contributed by atoms with Gasteiger partial charge in [0.2, 0.25) is 0 Å². The van der Waals surface area contributed by atoms with E-state index in [4.69, 9.17) is 16.3 Å². The predicted molar refractivity (Wildman–Crippen MR) is 114 cm³/mol. The van der Waals surface area contributed by atoms with Gasteiger partial charge < -0.3 is 10.1 Å². The monoisotopic (exact) mass is 422 g/mol. The standard InChI is InChI=1S/C23H16ClFN2O3/c1-30-19-5-3-2-4-18(19)26-21-20(14-6-10-16(25)11-7-14)22(28)27(23(21)29)17-12-8-15(24)9-13-17/h2-13,26H,1H3. The van der Waals surface area contributed by atoms with Crippen LogP contribution in [0.5, 0.6) is 5.75 Å². The van der Waals surface area contributed by atoms with Crippen LogP contribution >= 0.6 is 11.6 Å². The molecule has 3 aromatic rings. The normalized spacial score (nSPS) is 13.8. The van der Waals surface area contributed by atoms with E-state index in [-0.39, 0.29) is 11.3 Å². The number of ether oxygens (including phenoxy) is 1. The summed E-state index contributed by atoms with van der Waals surface area (Å²) in [5.41, 5.74) is 1.54. The maximum atomic E-state index is 13.4. The van der Waals surface area contributed by atoms with Gasteiger partial charge in [0.1, 0.15) is 17.3 Å². The minimum Gasteiger partial charge on any atom is -0.495 e. The van der Waals surface area contributed by atoms with Gasteiger partial charge in [-0.3, -0.25) is 9.59 Å². The summed E-state index contributed by atoms with van der Waals surface area (Å²) < 4.78 is 18.8. The molecule has 0 saturated carbocycles. The maximum absolute atomic E-state index is 13.4. The summed E-state index contributed by atoms with van der Waals surface area (Å²) in [5, 5.41) is 3.52. The van der Waals surface area contributed by atoms with Crippen LogP contribution in [0.3, 0.4) is 0 Å². The molecule has 4 rings (SSSR count). The second kappa shape index (κ2) is 8.00. The Bertz CT molecular complexity index is 1160. The number of amides is 2. The quantitative estimate of drug-likeness (QED) is 0.595. The summed E-state index contributed by atoms with van der Waals surface area (Å²) in [6.45, 7) is 0. The molecule has 0 spiro atoms. The van der Waals surface area contributed by atoms with Gasteiger partial charge in [0.25, 0.3) is 11.8 Å². The molecule has 0 fully saturated rings. The van der Waals surface area contributed by atoms with E-state index in [2.05, 4.69) is 5.32 Å². The average molecular weight is 423 g/mol. The topological polar surface area (TPSA) is 58.6 Å². The molecular weight excluding hydrogens is 407 g/mol. The molecule has 0 radical (unpaired) electrons. The van der Waals surface area contributed by atoms with E-state index in [1.165, 1.54) is 31.4 Å². The molecule has 0 atom stereocenters. The molecule has 5 nitrogen and oxygen atoms in total. The highest BCUT2D eigenvalue weighted by atomic mass is 35.5. The third-order valence-electron chi connectivity index (χ3n) is 4.67. The van der Waals surface area contributed by atoms with Crippen LogP contribution in [0.1, 0.15) is 5.56 Å². The molecule has 1 aliphatic heterocycles. The van der Waals surface area contributed by atoms with Crippen molar-refractivity contribution in [2.75, 3.05) is 17.3 Å². The van der Waals surface area contributed by atoms with Crippen molar-refractivity contribution in [3.63, 3.8) is 0 Å². The Kier molecular flexibility index (Phi) is 5.25. The summed E-state index contributed by atoms with van der Waals surface area (Å²) in [6.07, 6.45) is 0. The smallest absolute Gasteiger partial charge is 0.282 e. The third kappa shape index (κ3) is 3.53. The maximum Gasteiger partial charge on any atom is 0.282 e. The molecule has 1 N–H and O–H groups in total. The van der Waals surface area contributed by atoms with Crippen molar-refractivity contribution in [1.82, 2.24) is 0 Å². The lowest BCUT2D eigenvalue weighted by Crippen LogP contribution is -2.32. The number of benzene rings is 3. The van der Waals surface area contributed by atoms with E-state index in [9.17, 15) is 14.0 Å². The van der Waals surface area contributed by atoms with Crippen molar-refractivity contribution >= 4 is 40.4 Å². The number of rotatable bonds is 5. The Morgan fingerprint density at radius 2 is 1.57 bits per heavy atom. The van der Waals surface area contributed by atoms with Gasteiger partial charge in [-0.05, 0) is 54.1 Å². The van der Waals surface area contributed by atoms with Crippen molar-refractivity contribution in [2.24, 2.45) is 0 Å². The predicted octanol–water partition coefficient (Wildman–Crippen LogP) is 4.88. The zero-order chi connectivity index (χ0) is 21.3. The lowest BCUT2D eigenvalue weighted by molar-refractivity contribution is -0.120.